The number of nitrogens with two attached hydrogens (primary N) is 1. The third kappa shape index (κ3) is 2.38. The molecule has 0 radical (unpaired) electrons. The third-order valence-corrected chi connectivity index (χ3v) is 4.41. The van der Waals surface area contributed by atoms with Gasteiger partial charge in [-0.3, -0.25) is 0 Å². The Bertz CT molecular complexity index is 608. The summed E-state index contributed by atoms with van der Waals surface area (Å²) >= 11 is 0. The molecule has 1 aromatic carbocycles. The van der Waals surface area contributed by atoms with Gasteiger partial charge in [-0.2, -0.15) is 0 Å². The molecule has 1 aromatic heterocycles. The fourth-order valence-corrected chi connectivity index (χ4v) is 3.26. The molecule has 3 nitrogen and oxygen atoms in total. The highest BCUT2D eigenvalue weighted by molar-refractivity contribution is 5.81. The van der Waals surface area contributed by atoms with Crippen molar-refractivity contribution in [2.45, 2.75) is 32.7 Å². The number of hydrogen-bond donors (Lipinski definition) is 1. The van der Waals surface area contributed by atoms with E-state index in [9.17, 15) is 0 Å². The number of rotatable bonds is 2. The molecule has 3 rings (SSSR count). The molecule has 2 unspecified atom stereocenters. The van der Waals surface area contributed by atoms with Crippen LogP contribution in [0.2, 0.25) is 0 Å². The summed E-state index contributed by atoms with van der Waals surface area (Å²) in [6.45, 7) is 6.24. The van der Waals surface area contributed by atoms with Crippen molar-refractivity contribution in [3.8, 4) is 0 Å². The number of piperidine rings is 1. The maximum absolute atomic E-state index is 5.99. The normalized spacial score (nSPS) is 23.2. The highest BCUT2D eigenvalue weighted by Gasteiger charge is 2.27. The van der Waals surface area contributed by atoms with Crippen molar-refractivity contribution >= 4 is 16.7 Å². The third-order valence-electron chi connectivity index (χ3n) is 4.41. The molecule has 3 heteroatoms. The second kappa shape index (κ2) is 5.41. The first-order valence-electron chi connectivity index (χ1n) is 7.52. The summed E-state index contributed by atoms with van der Waals surface area (Å²) in [7, 11) is 0. The lowest BCUT2D eigenvalue weighted by Gasteiger charge is -2.39. The summed E-state index contributed by atoms with van der Waals surface area (Å²) < 4.78 is 0. The molecule has 0 spiro atoms. The van der Waals surface area contributed by atoms with Gasteiger partial charge >= 0.3 is 0 Å². The van der Waals surface area contributed by atoms with Crippen LogP contribution in [-0.4, -0.2) is 24.1 Å². The van der Waals surface area contributed by atoms with Gasteiger partial charge in [0.15, 0.2) is 0 Å². The van der Waals surface area contributed by atoms with Crippen LogP contribution in [0.25, 0.3) is 10.9 Å². The van der Waals surface area contributed by atoms with E-state index in [1.807, 2.05) is 6.07 Å². The van der Waals surface area contributed by atoms with Gasteiger partial charge in [0, 0.05) is 24.5 Å². The second-order valence-corrected chi connectivity index (χ2v) is 6.03. The summed E-state index contributed by atoms with van der Waals surface area (Å²) in [5.74, 6) is 1.88. The average molecular weight is 269 g/mol. The quantitative estimate of drug-likeness (QED) is 0.911. The second-order valence-electron chi connectivity index (χ2n) is 6.03. The molecular weight excluding hydrogens is 246 g/mol. The van der Waals surface area contributed by atoms with Crippen molar-refractivity contribution in [2.24, 2.45) is 11.7 Å². The maximum atomic E-state index is 5.99. The molecule has 0 aliphatic carbocycles. The zero-order chi connectivity index (χ0) is 14.1. The van der Waals surface area contributed by atoms with Crippen molar-refractivity contribution in [3.05, 3.63) is 35.9 Å². The van der Waals surface area contributed by atoms with E-state index < -0.39 is 0 Å². The van der Waals surface area contributed by atoms with E-state index in [-0.39, 0.29) is 0 Å². The number of hydrogen-bond acceptors (Lipinski definition) is 3. The SMILES string of the molecule is Cc1cc2ccccc2nc1N1CCC(C)CC1CN. The Labute approximate surface area is 120 Å². The molecule has 20 heavy (non-hydrogen) atoms. The minimum Gasteiger partial charge on any atom is -0.352 e. The van der Waals surface area contributed by atoms with Crippen LogP contribution < -0.4 is 10.6 Å². The molecule has 106 valence electrons. The van der Waals surface area contributed by atoms with Crippen LogP contribution in [0.5, 0.6) is 0 Å². The number of pyridine rings is 1. The van der Waals surface area contributed by atoms with Crippen molar-refractivity contribution in [3.63, 3.8) is 0 Å². The average Bonchev–Trinajstić information content (AvgIpc) is 2.46. The standard InChI is InChI=1S/C17H23N3/c1-12-7-8-20(15(9-12)11-18)17-13(2)10-14-5-3-4-6-16(14)19-17/h3-6,10,12,15H,7-9,11,18H2,1-2H3. The van der Waals surface area contributed by atoms with Crippen molar-refractivity contribution in [1.29, 1.82) is 0 Å². The Kier molecular flexibility index (Phi) is 3.62. The summed E-state index contributed by atoms with van der Waals surface area (Å²) in [4.78, 5) is 7.31. The summed E-state index contributed by atoms with van der Waals surface area (Å²) in [5.41, 5.74) is 8.31. The minimum atomic E-state index is 0.422. The molecule has 2 atom stereocenters. The molecule has 0 amide bonds. The lowest BCUT2D eigenvalue weighted by Crippen LogP contribution is -2.47. The largest absolute Gasteiger partial charge is 0.352 e. The maximum Gasteiger partial charge on any atom is 0.132 e. The molecule has 1 fully saturated rings. The van der Waals surface area contributed by atoms with E-state index in [1.165, 1.54) is 23.8 Å². The first kappa shape index (κ1) is 13.4. The number of anilines is 1. The molecule has 2 aromatic rings. The lowest BCUT2D eigenvalue weighted by atomic mass is 9.92. The summed E-state index contributed by atoms with van der Waals surface area (Å²) in [6, 6.07) is 11.0. The summed E-state index contributed by atoms with van der Waals surface area (Å²) in [5, 5.41) is 1.21. The molecule has 2 N–H and O–H groups in total. The van der Waals surface area contributed by atoms with Crippen LogP contribution in [0.3, 0.4) is 0 Å². The van der Waals surface area contributed by atoms with E-state index in [0.29, 0.717) is 12.6 Å². The van der Waals surface area contributed by atoms with Crippen LogP contribution in [0.4, 0.5) is 5.82 Å². The van der Waals surface area contributed by atoms with E-state index >= 15 is 0 Å². The van der Waals surface area contributed by atoms with Crippen molar-refractivity contribution in [1.82, 2.24) is 4.98 Å². The van der Waals surface area contributed by atoms with Crippen molar-refractivity contribution < 1.29 is 0 Å². The molecule has 0 bridgehead atoms. The fraction of sp³-hybridized carbons (Fsp3) is 0.471. The van der Waals surface area contributed by atoms with Crippen LogP contribution in [0.1, 0.15) is 25.3 Å². The molecule has 1 aliphatic rings. The number of nitrogens with zero attached hydrogens (tertiary/aromatic N) is 2. The topological polar surface area (TPSA) is 42.2 Å². The van der Waals surface area contributed by atoms with Gasteiger partial charge in [0.05, 0.1) is 5.52 Å². The highest BCUT2D eigenvalue weighted by Crippen LogP contribution is 2.30. The lowest BCUT2D eigenvalue weighted by molar-refractivity contribution is 0.365. The van der Waals surface area contributed by atoms with E-state index in [1.54, 1.807) is 0 Å². The Balaban J connectivity index is 2.02. The Morgan fingerprint density at radius 1 is 1.35 bits per heavy atom. The number of fused-ring (bicyclic) bond motifs is 1. The highest BCUT2D eigenvalue weighted by atomic mass is 15.2. The van der Waals surface area contributed by atoms with Gasteiger partial charge in [-0.15, -0.1) is 0 Å². The number of para-hydroxylation sites is 1. The molecule has 1 aliphatic heterocycles. The first-order chi connectivity index (χ1) is 9.69. The Morgan fingerprint density at radius 3 is 2.95 bits per heavy atom. The summed E-state index contributed by atoms with van der Waals surface area (Å²) in [6.07, 6.45) is 2.40. The minimum absolute atomic E-state index is 0.422. The zero-order valence-electron chi connectivity index (χ0n) is 12.3. The zero-order valence-corrected chi connectivity index (χ0v) is 12.3. The predicted molar refractivity (Wildman–Crippen MR) is 85.1 cm³/mol. The Hall–Kier alpha value is -1.61. The van der Waals surface area contributed by atoms with E-state index in [2.05, 4.69) is 43.0 Å². The number of benzene rings is 1. The van der Waals surface area contributed by atoms with Gasteiger partial charge in [-0.25, -0.2) is 4.98 Å². The molecule has 0 saturated carbocycles. The van der Waals surface area contributed by atoms with E-state index in [0.717, 1.165) is 23.8 Å². The first-order valence-corrected chi connectivity index (χ1v) is 7.52. The Morgan fingerprint density at radius 2 is 2.15 bits per heavy atom. The van der Waals surface area contributed by atoms with Gasteiger partial charge in [-0.05, 0) is 43.4 Å². The van der Waals surface area contributed by atoms with Crippen LogP contribution in [0, 0.1) is 12.8 Å². The number of aromatic nitrogens is 1. The van der Waals surface area contributed by atoms with Gasteiger partial charge < -0.3 is 10.6 Å². The number of aryl methyl sites for hydroxylation is 1. The van der Waals surface area contributed by atoms with Gasteiger partial charge in [0.25, 0.3) is 0 Å². The van der Waals surface area contributed by atoms with E-state index in [4.69, 9.17) is 10.7 Å². The molecule has 1 saturated heterocycles. The smallest absolute Gasteiger partial charge is 0.132 e. The monoisotopic (exact) mass is 269 g/mol. The van der Waals surface area contributed by atoms with Gasteiger partial charge in [0.2, 0.25) is 0 Å². The predicted octanol–water partition coefficient (Wildman–Crippen LogP) is 3.11. The van der Waals surface area contributed by atoms with Gasteiger partial charge in [-0.1, -0.05) is 25.1 Å². The molecular formula is C17H23N3. The van der Waals surface area contributed by atoms with Crippen LogP contribution in [-0.2, 0) is 0 Å². The van der Waals surface area contributed by atoms with Crippen LogP contribution >= 0.6 is 0 Å². The van der Waals surface area contributed by atoms with Crippen molar-refractivity contribution in [2.75, 3.05) is 18.0 Å². The molecule has 2 heterocycles. The van der Waals surface area contributed by atoms with Crippen LogP contribution in [0.15, 0.2) is 30.3 Å². The van der Waals surface area contributed by atoms with Gasteiger partial charge in [0.1, 0.15) is 5.82 Å². The fourth-order valence-electron chi connectivity index (χ4n) is 3.26.